The fourth-order valence-corrected chi connectivity index (χ4v) is 1.90. The minimum Gasteiger partial charge on any atom is -0.484 e. The highest BCUT2D eigenvalue weighted by Crippen LogP contribution is 2.22. The number of carbonyl (C=O) groups is 1. The third-order valence-electron chi connectivity index (χ3n) is 3.15. The molecule has 4 nitrogen and oxygen atoms in total. The van der Waals surface area contributed by atoms with Crippen LogP contribution in [0.4, 0.5) is 0 Å². The molecular weight excluding hydrogens is 242 g/mol. The average Bonchev–Trinajstić information content (AvgIpc) is 2.38. The smallest absolute Gasteiger partial charge is 0.260 e. The van der Waals surface area contributed by atoms with E-state index in [1.54, 1.807) is 17.9 Å². The summed E-state index contributed by atoms with van der Waals surface area (Å²) in [5.74, 6) is 0.675. The molecule has 0 aliphatic rings. The Morgan fingerprint density at radius 3 is 2.47 bits per heavy atom. The van der Waals surface area contributed by atoms with Gasteiger partial charge in [-0.25, -0.2) is 0 Å². The Bertz CT molecular complexity index is 425. The summed E-state index contributed by atoms with van der Waals surface area (Å²) in [6, 6.07) is 5.49. The lowest BCUT2D eigenvalue weighted by molar-refractivity contribution is -0.132. The zero-order valence-corrected chi connectivity index (χ0v) is 12.1. The van der Waals surface area contributed by atoms with Crippen LogP contribution < -0.4 is 4.74 Å². The second-order valence-electron chi connectivity index (χ2n) is 4.56. The van der Waals surface area contributed by atoms with E-state index in [-0.39, 0.29) is 12.5 Å². The van der Waals surface area contributed by atoms with Crippen molar-refractivity contribution >= 4 is 5.91 Å². The topological polar surface area (TPSA) is 49.8 Å². The largest absolute Gasteiger partial charge is 0.484 e. The van der Waals surface area contributed by atoms with E-state index in [1.807, 2.05) is 32.9 Å². The highest BCUT2D eigenvalue weighted by molar-refractivity contribution is 5.77. The normalized spacial score (nSPS) is 12.1. The quantitative estimate of drug-likeness (QED) is 0.858. The van der Waals surface area contributed by atoms with Gasteiger partial charge in [0.15, 0.2) is 6.61 Å². The van der Waals surface area contributed by atoms with Gasteiger partial charge in [-0.2, -0.15) is 0 Å². The molecule has 4 heteroatoms. The van der Waals surface area contributed by atoms with E-state index in [9.17, 15) is 9.90 Å². The number of aliphatic hydroxyl groups is 1. The van der Waals surface area contributed by atoms with Gasteiger partial charge in [0.1, 0.15) is 5.75 Å². The SMILES string of the molecule is CCN(CC)C(=O)COc1ccc([C@H](C)O)cc1C. The summed E-state index contributed by atoms with van der Waals surface area (Å²) in [6.07, 6.45) is -0.495. The Kier molecular flexibility index (Phi) is 5.83. The van der Waals surface area contributed by atoms with Crippen LogP contribution in [0.15, 0.2) is 18.2 Å². The van der Waals surface area contributed by atoms with Gasteiger partial charge in [-0.1, -0.05) is 6.07 Å². The van der Waals surface area contributed by atoms with Gasteiger partial charge in [0, 0.05) is 13.1 Å². The monoisotopic (exact) mass is 265 g/mol. The van der Waals surface area contributed by atoms with Crippen LogP contribution in [-0.4, -0.2) is 35.6 Å². The molecule has 1 aromatic rings. The number of rotatable bonds is 6. The molecule has 0 bridgehead atoms. The molecule has 0 saturated carbocycles. The highest BCUT2D eigenvalue weighted by atomic mass is 16.5. The van der Waals surface area contributed by atoms with Gasteiger partial charge in [-0.3, -0.25) is 4.79 Å². The summed E-state index contributed by atoms with van der Waals surface area (Å²) >= 11 is 0. The standard InChI is InChI=1S/C15H23NO3/c1-5-16(6-2)15(18)10-19-14-8-7-13(12(4)17)9-11(14)3/h7-9,12,17H,5-6,10H2,1-4H3/t12-/m0/s1. The molecule has 0 unspecified atom stereocenters. The van der Waals surface area contributed by atoms with Crippen LogP contribution in [0.25, 0.3) is 0 Å². The van der Waals surface area contributed by atoms with Crippen LogP contribution in [0.3, 0.4) is 0 Å². The minimum atomic E-state index is -0.495. The average molecular weight is 265 g/mol. The lowest BCUT2D eigenvalue weighted by Crippen LogP contribution is -2.34. The van der Waals surface area contributed by atoms with Crippen molar-refractivity contribution in [2.45, 2.75) is 33.8 Å². The molecule has 1 atom stereocenters. The van der Waals surface area contributed by atoms with Gasteiger partial charge in [-0.15, -0.1) is 0 Å². The number of aliphatic hydroxyl groups excluding tert-OH is 1. The maximum atomic E-state index is 11.8. The molecule has 106 valence electrons. The Labute approximate surface area is 115 Å². The molecule has 0 radical (unpaired) electrons. The van der Waals surface area contributed by atoms with Crippen molar-refractivity contribution < 1.29 is 14.6 Å². The summed E-state index contributed by atoms with van der Waals surface area (Å²) in [7, 11) is 0. The summed E-state index contributed by atoms with van der Waals surface area (Å²) < 4.78 is 5.55. The van der Waals surface area contributed by atoms with E-state index in [0.717, 1.165) is 11.1 Å². The Morgan fingerprint density at radius 2 is 2.00 bits per heavy atom. The number of hydrogen-bond acceptors (Lipinski definition) is 3. The van der Waals surface area contributed by atoms with E-state index >= 15 is 0 Å². The summed E-state index contributed by atoms with van der Waals surface area (Å²) in [5.41, 5.74) is 1.77. The number of nitrogens with zero attached hydrogens (tertiary/aromatic N) is 1. The molecule has 0 saturated heterocycles. The maximum absolute atomic E-state index is 11.8. The molecule has 0 spiro atoms. The molecule has 0 aromatic heterocycles. The van der Waals surface area contributed by atoms with E-state index in [1.165, 1.54) is 0 Å². The molecule has 0 aliphatic carbocycles. The third kappa shape index (κ3) is 4.24. The van der Waals surface area contributed by atoms with E-state index in [2.05, 4.69) is 0 Å². The van der Waals surface area contributed by atoms with E-state index in [0.29, 0.717) is 18.8 Å². The van der Waals surface area contributed by atoms with Gasteiger partial charge in [0.25, 0.3) is 5.91 Å². The van der Waals surface area contributed by atoms with E-state index < -0.39 is 6.10 Å². The first-order valence-electron chi connectivity index (χ1n) is 6.68. The van der Waals surface area contributed by atoms with Crippen molar-refractivity contribution in [3.63, 3.8) is 0 Å². The Balaban J connectivity index is 2.66. The molecule has 0 heterocycles. The summed E-state index contributed by atoms with van der Waals surface area (Å²) in [4.78, 5) is 13.6. The number of aryl methyl sites for hydroxylation is 1. The van der Waals surface area contributed by atoms with Crippen molar-refractivity contribution in [3.8, 4) is 5.75 Å². The zero-order chi connectivity index (χ0) is 14.4. The first-order chi connectivity index (χ1) is 8.99. The predicted molar refractivity (Wildman–Crippen MR) is 75.2 cm³/mol. The lowest BCUT2D eigenvalue weighted by atomic mass is 10.1. The third-order valence-corrected chi connectivity index (χ3v) is 3.15. The molecule has 0 aliphatic heterocycles. The van der Waals surface area contributed by atoms with Crippen LogP contribution in [0.5, 0.6) is 5.75 Å². The summed E-state index contributed by atoms with van der Waals surface area (Å²) in [6.45, 7) is 8.96. The van der Waals surface area contributed by atoms with Gasteiger partial charge >= 0.3 is 0 Å². The van der Waals surface area contributed by atoms with Crippen molar-refractivity contribution in [2.75, 3.05) is 19.7 Å². The molecule has 1 amide bonds. The van der Waals surface area contributed by atoms with Crippen LogP contribution in [0.2, 0.25) is 0 Å². The maximum Gasteiger partial charge on any atom is 0.260 e. The van der Waals surface area contributed by atoms with Crippen molar-refractivity contribution in [3.05, 3.63) is 29.3 Å². The zero-order valence-electron chi connectivity index (χ0n) is 12.1. The lowest BCUT2D eigenvalue weighted by Gasteiger charge is -2.19. The fraction of sp³-hybridized carbons (Fsp3) is 0.533. The minimum absolute atomic E-state index is 0.0102. The van der Waals surface area contributed by atoms with Crippen LogP contribution >= 0.6 is 0 Å². The fourth-order valence-electron chi connectivity index (χ4n) is 1.90. The molecule has 19 heavy (non-hydrogen) atoms. The van der Waals surface area contributed by atoms with Crippen molar-refractivity contribution in [2.24, 2.45) is 0 Å². The molecular formula is C15H23NO3. The second kappa shape index (κ2) is 7.14. The van der Waals surface area contributed by atoms with Gasteiger partial charge < -0.3 is 14.7 Å². The number of amides is 1. The number of ether oxygens (including phenoxy) is 1. The van der Waals surface area contributed by atoms with Crippen LogP contribution in [-0.2, 0) is 4.79 Å². The molecule has 1 N–H and O–H groups in total. The first-order valence-corrected chi connectivity index (χ1v) is 6.68. The second-order valence-corrected chi connectivity index (χ2v) is 4.56. The van der Waals surface area contributed by atoms with Gasteiger partial charge in [-0.05, 0) is 51.0 Å². The van der Waals surface area contributed by atoms with Gasteiger partial charge in [0.2, 0.25) is 0 Å². The Hall–Kier alpha value is -1.55. The van der Waals surface area contributed by atoms with E-state index in [4.69, 9.17) is 4.74 Å². The number of hydrogen-bond donors (Lipinski definition) is 1. The first kappa shape index (κ1) is 15.5. The van der Waals surface area contributed by atoms with Crippen LogP contribution in [0, 0.1) is 6.92 Å². The number of carbonyl (C=O) groups excluding carboxylic acids is 1. The molecule has 0 fully saturated rings. The summed E-state index contributed by atoms with van der Waals surface area (Å²) in [5, 5.41) is 9.49. The number of likely N-dealkylation sites (N-methyl/N-ethyl adjacent to an activating group) is 1. The Morgan fingerprint density at radius 1 is 1.37 bits per heavy atom. The van der Waals surface area contributed by atoms with Crippen LogP contribution in [0.1, 0.15) is 38.0 Å². The molecule has 1 aromatic carbocycles. The van der Waals surface area contributed by atoms with Crippen molar-refractivity contribution in [1.29, 1.82) is 0 Å². The number of benzene rings is 1. The predicted octanol–water partition coefficient (Wildman–Crippen LogP) is 2.30. The van der Waals surface area contributed by atoms with Gasteiger partial charge in [0.05, 0.1) is 6.10 Å². The molecule has 1 rings (SSSR count). The van der Waals surface area contributed by atoms with Crippen molar-refractivity contribution in [1.82, 2.24) is 4.90 Å². The highest BCUT2D eigenvalue weighted by Gasteiger charge is 2.11.